The highest BCUT2D eigenvalue weighted by Gasteiger charge is 1.94. The van der Waals surface area contributed by atoms with Crippen LogP contribution in [0.25, 0.3) is 6.08 Å². The highest BCUT2D eigenvalue weighted by Crippen LogP contribution is 2.03. The summed E-state index contributed by atoms with van der Waals surface area (Å²) in [5, 5.41) is 3.73. The SMILES string of the molecule is Cc1cc(/C=C/C(C)N)on1. The van der Waals surface area contributed by atoms with Crippen molar-refractivity contribution >= 4 is 6.08 Å². The molecule has 1 rings (SSSR count). The summed E-state index contributed by atoms with van der Waals surface area (Å²) in [4.78, 5) is 0. The molecule has 0 aliphatic carbocycles. The molecular formula is C8H12N2O. The monoisotopic (exact) mass is 152 g/mol. The average molecular weight is 152 g/mol. The third-order valence-corrected chi connectivity index (χ3v) is 1.21. The Morgan fingerprint density at radius 2 is 2.45 bits per heavy atom. The Hall–Kier alpha value is -1.09. The van der Waals surface area contributed by atoms with E-state index in [2.05, 4.69) is 5.16 Å². The van der Waals surface area contributed by atoms with Gasteiger partial charge in [-0.3, -0.25) is 0 Å². The first-order valence-electron chi connectivity index (χ1n) is 3.55. The van der Waals surface area contributed by atoms with Crippen molar-refractivity contribution < 1.29 is 4.52 Å². The fraction of sp³-hybridized carbons (Fsp3) is 0.375. The van der Waals surface area contributed by atoms with Gasteiger partial charge in [0.2, 0.25) is 0 Å². The standard InChI is InChI=1S/C8H12N2O/c1-6(9)3-4-8-5-7(2)10-11-8/h3-6H,9H2,1-2H3/b4-3+. The molecule has 1 atom stereocenters. The lowest BCUT2D eigenvalue weighted by Gasteiger charge is -1.90. The number of hydrogen-bond donors (Lipinski definition) is 1. The first-order valence-corrected chi connectivity index (χ1v) is 3.55. The van der Waals surface area contributed by atoms with E-state index in [1.165, 1.54) is 0 Å². The normalized spacial score (nSPS) is 14.1. The summed E-state index contributed by atoms with van der Waals surface area (Å²) in [6.07, 6.45) is 3.69. The molecule has 1 heterocycles. The minimum Gasteiger partial charge on any atom is -0.357 e. The summed E-state index contributed by atoms with van der Waals surface area (Å²) in [5.41, 5.74) is 6.38. The molecule has 3 nitrogen and oxygen atoms in total. The maximum atomic E-state index is 5.50. The van der Waals surface area contributed by atoms with E-state index in [4.69, 9.17) is 10.3 Å². The largest absolute Gasteiger partial charge is 0.357 e. The Balaban J connectivity index is 2.64. The lowest BCUT2D eigenvalue weighted by molar-refractivity contribution is 0.408. The molecule has 0 aliphatic rings. The summed E-state index contributed by atoms with van der Waals surface area (Å²) in [5.74, 6) is 0.750. The number of rotatable bonds is 2. The first kappa shape index (κ1) is 8.01. The second kappa shape index (κ2) is 3.34. The molecule has 11 heavy (non-hydrogen) atoms. The van der Waals surface area contributed by atoms with E-state index >= 15 is 0 Å². The second-order valence-electron chi connectivity index (χ2n) is 2.59. The van der Waals surface area contributed by atoms with Gasteiger partial charge >= 0.3 is 0 Å². The molecule has 0 radical (unpaired) electrons. The van der Waals surface area contributed by atoms with E-state index in [1.807, 2.05) is 32.1 Å². The van der Waals surface area contributed by atoms with Crippen LogP contribution in [0.3, 0.4) is 0 Å². The highest BCUT2D eigenvalue weighted by molar-refractivity contribution is 5.43. The number of aromatic nitrogens is 1. The van der Waals surface area contributed by atoms with Crippen molar-refractivity contribution in [3.05, 3.63) is 23.6 Å². The second-order valence-corrected chi connectivity index (χ2v) is 2.59. The Kier molecular flexibility index (Phi) is 2.44. The van der Waals surface area contributed by atoms with Gasteiger partial charge in [0.05, 0.1) is 5.69 Å². The zero-order valence-corrected chi connectivity index (χ0v) is 6.74. The van der Waals surface area contributed by atoms with Crippen molar-refractivity contribution in [2.45, 2.75) is 19.9 Å². The number of nitrogens with zero attached hydrogens (tertiary/aromatic N) is 1. The van der Waals surface area contributed by atoms with E-state index in [0.29, 0.717) is 0 Å². The van der Waals surface area contributed by atoms with Crippen LogP contribution in [-0.4, -0.2) is 11.2 Å². The molecule has 60 valence electrons. The van der Waals surface area contributed by atoms with Gasteiger partial charge in [-0.05, 0) is 19.9 Å². The molecule has 0 bridgehead atoms. The van der Waals surface area contributed by atoms with Crippen molar-refractivity contribution in [2.24, 2.45) is 5.73 Å². The molecule has 0 fully saturated rings. The molecule has 3 heteroatoms. The topological polar surface area (TPSA) is 52.0 Å². The maximum absolute atomic E-state index is 5.50. The van der Waals surface area contributed by atoms with Gasteiger partial charge in [-0.25, -0.2) is 0 Å². The van der Waals surface area contributed by atoms with Gasteiger partial charge in [0.1, 0.15) is 0 Å². The molecule has 1 aromatic heterocycles. The van der Waals surface area contributed by atoms with Crippen LogP contribution in [-0.2, 0) is 0 Å². The number of nitrogens with two attached hydrogens (primary N) is 1. The third kappa shape index (κ3) is 2.55. The summed E-state index contributed by atoms with van der Waals surface area (Å²) in [6, 6.07) is 1.92. The Morgan fingerprint density at radius 1 is 1.73 bits per heavy atom. The third-order valence-electron chi connectivity index (χ3n) is 1.21. The van der Waals surface area contributed by atoms with Gasteiger partial charge < -0.3 is 10.3 Å². The minimum atomic E-state index is 0.0559. The zero-order valence-electron chi connectivity index (χ0n) is 6.74. The molecular weight excluding hydrogens is 140 g/mol. The van der Waals surface area contributed by atoms with Crippen LogP contribution >= 0.6 is 0 Å². The predicted octanol–water partition coefficient (Wildman–Crippen LogP) is 1.34. The summed E-state index contributed by atoms with van der Waals surface area (Å²) in [6.45, 7) is 3.78. The van der Waals surface area contributed by atoms with Gasteiger partial charge in [-0.1, -0.05) is 11.2 Å². The lowest BCUT2D eigenvalue weighted by Crippen LogP contribution is -2.09. The first-order chi connectivity index (χ1) is 5.18. The summed E-state index contributed by atoms with van der Waals surface area (Å²) >= 11 is 0. The van der Waals surface area contributed by atoms with Crippen molar-refractivity contribution in [1.29, 1.82) is 0 Å². The molecule has 0 spiro atoms. The van der Waals surface area contributed by atoms with Crippen LogP contribution in [0.1, 0.15) is 18.4 Å². The van der Waals surface area contributed by atoms with E-state index < -0.39 is 0 Å². The zero-order chi connectivity index (χ0) is 8.27. The van der Waals surface area contributed by atoms with Crippen LogP contribution in [0.15, 0.2) is 16.7 Å². The van der Waals surface area contributed by atoms with Crippen molar-refractivity contribution in [3.8, 4) is 0 Å². The van der Waals surface area contributed by atoms with E-state index in [9.17, 15) is 0 Å². The van der Waals surface area contributed by atoms with Crippen LogP contribution in [0, 0.1) is 6.92 Å². The van der Waals surface area contributed by atoms with E-state index in [1.54, 1.807) is 0 Å². The van der Waals surface area contributed by atoms with Crippen LogP contribution < -0.4 is 5.73 Å². The van der Waals surface area contributed by atoms with Crippen LogP contribution in [0.4, 0.5) is 0 Å². The van der Waals surface area contributed by atoms with Crippen molar-refractivity contribution in [2.75, 3.05) is 0 Å². The minimum absolute atomic E-state index is 0.0559. The molecule has 0 saturated heterocycles. The van der Waals surface area contributed by atoms with Gasteiger partial charge in [-0.2, -0.15) is 0 Å². The van der Waals surface area contributed by atoms with Gasteiger partial charge in [0.25, 0.3) is 0 Å². The highest BCUT2D eigenvalue weighted by atomic mass is 16.5. The quantitative estimate of drug-likeness (QED) is 0.695. The molecule has 2 N–H and O–H groups in total. The fourth-order valence-corrected chi connectivity index (χ4v) is 0.708. The van der Waals surface area contributed by atoms with E-state index in [0.717, 1.165) is 11.5 Å². The molecule has 0 aromatic carbocycles. The Morgan fingerprint density at radius 3 is 2.91 bits per heavy atom. The smallest absolute Gasteiger partial charge is 0.159 e. The van der Waals surface area contributed by atoms with Crippen molar-refractivity contribution in [1.82, 2.24) is 5.16 Å². The Labute approximate surface area is 65.9 Å². The maximum Gasteiger partial charge on any atom is 0.159 e. The Bertz CT molecular complexity index is 250. The fourth-order valence-electron chi connectivity index (χ4n) is 0.708. The van der Waals surface area contributed by atoms with Crippen molar-refractivity contribution in [3.63, 3.8) is 0 Å². The molecule has 1 aromatic rings. The summed E-state index contributed by atoms with van der Waals surface area (Å²) < 4.78 is 4.92. The summed E-state index contributed by atoms with van der Waals surface area (Å²) in [7, 11) is 0. The average Bonchev–Trinajstić information content (AvgIpc) is 2.31. The van der Waals surface area contributed by atoms with Gasteiger partial charge in [0, 0.05) is 12.1 Å². The van der Waals surface area contributed by atoms with Crippen LogP contribution in [0.2, 0.25) is 0 Å². The molecule has 0 saturated carbocycles. The van der Waals surface area contributed by atoms with Gasteiger partial charge in [-0.15, -0.1) is 0 Å². The number of hydrogen-bond acceptors (Lipinski definition) is 3. The lowest BCUT2D eigenvalue weighted by atomic mass is 10.3. The number of aryl methyl sites for hydroxylation is 1. The molecule has 0 aliphatic heterocycles. The molecule has 0 amide bonds. The van der Waals surface area contributed by atoms with Gasteiger partial charge in [0.15, 0.2) is 5.76 Å². The van der Waals surface area contributed by atoms with Crippen LogP contribution in [0.5, 0.6) is 0 Å². The predicted molar refractivity (Wildman–Crippen MR) is 43.9 cm³/mol. The van der Waals surface area contributed by atoms with E-state index in [-0.39, 0.29) is 6.04 Å². The molecule has 1 unspecified atom stereocenters.